The van der Waals surface area contributed by atoms with E-state index in [-0.39, 0.29) is 18.8 Å². The normalized spacial score (nSPS) is 14.5. The van der Waals surface area contributed by atoms with Crippen molar-refractivity contribution in [3.05, 3.63) is 28.8 Å². The molecule has 136 valence electrons. The molecule has 0 heterocycles. The van der Waals surface area contributed by atoms with E-state index in [0.717, 1.165) is 12.1 Å². The Morgan fingerprint density at radius 1 is 1.46 bits per heavy atom. The number of halogens is 4. The first-order valence-corrected chi connectivity index (χ1v) is 7.49. The molecule has 0 radical (unpaired) electrons. The van der Waals surface area contributed by atoms with Crippen molar-refractivity contribution in [3.63, 3.8) is 0 Å². The van der Waals surface area contributed by atoms with E-state index in [1.807, 2.05) is 0 Å². The number of carbonyl (C=O) groups is 1. The summed E-state index contributed by atoms with van der Waals surface area (Å²) >= 11 is 5.54. The molecule has 0 saturated carbocycles. The molecular formula is C15H20ClF3N2O3. The Morgan fingerprint density at radius 2 is 2.08 bits per heavy atom. The molecule has 0 saturated heterocycles. The third-order valence-corrected chi connectivity index (χ3v) is 3.77. The molecule has 0 aliphatic carbocycles. The Bertz CT molecular complexity index is 569. The molecule has 9 heteroatoms. The van der Waals surface area contributed by atoms with E-state index >= 15 is 0 Å². The molecule has 0 aliphatic rings. The zero-order chi connectivity index (χ0) is 18.5. The van der Waals surface area contributed by atoms with Crippen LogP contribution in [-0.2, 0) is 15.7 Å². The number of ether oxygens (including phenoxy) is 1. The predicted octanol–water partition coefficient (Wildman–Crippen LogP) is 2.62. The lowest BCUT2D eigenvalue weighted by atomic mass is 10.1. The predicted molar refractivity (Wildman–Crippen MR) is 85.1 cm³/mol. The number of nitrogens with one attached hydrogen (secondary N) is 1. The highest BCUT2D eigenvalue weighted by molar-refractivity contribution is 6.31. The maximum atomic E-state index is 12.8. The first-order chi connectivity index (χ1) is 11.1. The monoisotopic (exact) mass is 368 g/mol. The fraction of sp³-hybridized carbons (Fsp3) is 0.533. The van der Waals surface area contributed by atoms with Gasteiger partial charge in [0, 0.05) is 19.3 Å². The van der Waals surface area contributed by atoms with Crippen molar-refractivity contribution in [1.29, 1.82) is 0 Å². The topological polar surface area (TPSA) is 61.8 Å². The lowest BCUT2D eigenvalue weighted by Gasteiger charge is -2.26. The molecule has 0 fully saturated rings. The lowest BCUT2D eigenvalue weighted by molar-refractivity contribution is -0.137. The van der Waals surface area contributed by atoms with Gasteiger partial charge in [0.15, 0.2) is 0 Å². The molecule has 24 heavy (non-hydrogen) atoms. The number of carbonyl (C=O) groups excluding carboxylic acids is 1. The molecule has 0 spiro atoms. The zero-order valence-electron chi connectivity index (χ0n) is 13.5. The molecule has 1 rings (SSSR count). The fourth-order valence-corrected chi connectivity index (χ4v) is 2.23. The van der Waals surface area contributed by atoms with Gasteiger partial charge in [0.2, 0.25) is 5.91 Å². The number of methoxy groups -OCH3 is 1. The summed E-state index contributed by atoms with van der Waals surface area (Å²) in [5, 5.41) is 11.6. The highest BCUT2D eigenvalue weighted by Gasteiger charge is 2.33. The van der Waals surface area contributed by atoms with Crippen molar-refractivity contribution < 1.29 is 27.8 Å². The number of amides is 1. The van der Waals surface area contributed by atoms with Crippen LogP contribution in [-0.4, -0.2) is 55.4 Å². The summed E-state index contributed by atoms with van der Waals surface area (Å²) in [5.74, 6) is -0.502. The number of rotatable bonds is 7. The van der Waals surface area contributed by atoms with Gasteiger partial charge in [-0.15, -0.1) is 0 Å². The van der Waals surface area contributed by atoms with Gasteiger partial charge in [-0.1, -0.05) is 11.6 Å². The first kappa shape index (κ1) is 20.7. The average molecular weight is 369 g/mol. The molecule has 0 aliphatic heterocycles. The Kier molecular flexibility index (Phi) is 7.47. The number of hydrogen-bond acceptors (Lipinski definition) is 4. The Balaban J connectivity index is 2.77. The number of hydrogen-bond donors (Lipinski definition) is 2. The number of alkyl halides is 3. The highest BCUT2D eigenvalue weighted by atomic mass is 35.5. The van der Waals surface area contributed by atoms with Crippen LogP contribution in [0.1, 0.15) is 12.5 Å². The lowest BCUT2D eigenvalue weighted by Crippen LogP contribution is -2.44. The second-order valence-corrected chi connectivity index (χ2v) is 5.81. The van der Waals surface area contributed by atoms with Crippen molar-refractivity contribution in [1.82, 2.24) is 4.90 Å². The summed E-state index contributed by atoms with van der Waals surface area (Å²) in [6, 6.07) is 2.49. The average Bonchev–Trinajstić information content (AvgIpc) is 2.47. The van der Waals surface area contributed by atoms with E-state index in [1.165, 1.54) is 13.2 Å². The molecule has 1 aromatic carbocycles. The van der Waals surface area contributed by atoms with Crippen LogP contribution in [0.25, 0.3) is 0 Å². The van der Waals surface area contributed by atoms with Crippen LogP contribution in [0.5, 0.6) is 0 Å². The molecule has 1 aromatic rings. The molecular weight excluding hydrogens is 349 g/mol. The maximum absolute atomic E-state index is 12.8. The van der Waals surface area contributed by atoms with Crippen molar-refractivity contribution in [2.45, 2.75) is 25.2 Å². The van der Waals surface area contributed by atoms with Crippen LogP contribution in [0.4, 0.5) is 18.9 Å². The SMILES string of the molecule is COC[C@H](O)CN(C)[C@H](C)C(=O)Nc1ccc(Cl)c(C(F)(F)F)c1. The van der Waals surface area contributed by atoms with Crippen LogP contribution in [0, 0.1) is 0 Å². The summed E-state index contributed by atoms with van der Waals surface area (Å²) < 4.78 is 43.3. The van der Waals surface area contributed by atoms with E-state index < -0.39 is 34.8 Å². The summed E-state index contributed by atoms with van der Waals surface area (Å²) in [7, 11) is 3.06. The van der Waals surface area contributed by atoms with Gasteiger partial charge < -0.3 is 15.2 Å². The van der Waals surface area contributed by atoms with Crippen LogP contribution in [0.15, 0.2) is 18.2 Å². The number of aliphatic hydroxyl groups is 1. The minimum Gasteiger partial charge on any atom is -0.389 e. The highest BCUT2D eigenvalue weighted by Crippen LogP contribution is 2.36. The number of nitrogens with zero attached hydrogens (tertiary/aromatic N) is 1. The molecule has 0 bridgehead atoms. The summed E-state index contributed by atoms with van der Waals surface area (Å²) in [6.07, 6.45) is -5.38. The van der Waals surface area contributed by atoms with E-state index in [2.05, 4.69) is 5.32 Å². The molecule has 0 aromatic heterocycles. The minimum absolute atomic E-state index is 0.00517. The van der Waals surface area contributed by atoms with Gasteiger partial charge in [0.25, 0.3) is 0 Å². The first-order valence-electron chi connectivity index (χ1n) is 7.11. The molecule has 2 N–H and O–H groups in total. The van der Waals surface area contributed by atoms with Crippen LogP contribution < -0.4 is 5.32 Å². The van der Waals surface area contributed by atoms with Crippen molar-refractivity contribution in [2.75, 3.05) is 32.6 Å². The van der Waals surface area contributed by atoms with Gasteiger partial charge in [0.05, 0.1) is 29.3 Å². The van der Waals surface area contributed by atoms with E-state index in [4.69, 9.17) is 16.3 Å². The quantitative estimate of drug-likeness (QED) is 0.776. The smallest absolute Gasteiger partial charge is 0.389 e. The van der Waals surface area contributed by atoms with Crippen LogP contribution >= 0.6 is 11.6 Å². The number of benzene rings is 1. The molecule has 0 unspecified atom stereocenters. The van der Waals surface area contributed by atoms with Gasteiger partial charge >= 0.3 is 6.18 Å². The second kappa shape index (κ2) is 8.66. The van der Waals surface area contributed by atoms with Crippen molar-refractivity contribution >= 4 is 23.2 Å². The molecule has 2 atom stereocenters. The molecule has 1 amide bonds. The zero-order valence-corrected chi connectivity index (χ0v) is 14.3. The Hall–Kier alpha value is -1.35. The standard InChI is InChI=1S/C15H20ClF3N2O3/c1-9(21(2)7-11(22)8-24-3)14(23)20-10-4-5-13(16)12(6-10)15(17,18)19/h4-6,9,11,22H,7-8H2,1-3H3,(H,20,23)/t9-,11-/m1/s1. The van der Waals surface area contributed by atoms with Gasteiger partial charge in [-0.05, 0) is 32.2 Å². The summed E-state index contributed by atoms with van der Waals surface area (Å²) in [4.78, 5) is 13.7. The summed E-state index contributed by atoms with van der Waals surface area (Å²) in [5.41, 5.74) is -1.02. The van der Waals surface area contributed by atoms with Crippen molar-refractivity contribution in [3.8, 4) is 0 Å². The van der Waals surface area contributed by atoms with E-state index in [1.54, 1.807) is 18.9 Å². The number of anilines is 1. The number of likely N-dealkylation sites (N-methyl/N-ethyl adjacent to an activating group) is 1. The minimum atomic E-state index is -4.61. The largest absolute Gasteiger partial charge is 0.417 e. The Labute approximate surface area is 143 Å². The van der Waals surface area contributed by atoms with Gasteiger partial charge in [-0.3, -0.25) is 9.69 Å². The van der Waals surface area contributed by atoms with Crippen molar-refractivity contribution in [2.24, 2.45) is 0 Å². The third-order valence-electron chi connectivity index (χ3n) is 3.44. The number of aliphatic hydroxyl groups excluding tert-OH is 1. The molecule has 5 nitrogen and oxygen atoms in total. The van der Waals surface area contributed by atoms with Gasteiger partial charge in [-0.2, -0.15) is 13.2 Å². The maximum Gasteiger partial charge on any atom is 0.417 e. The van der Waals surface area contributed by atoms with E-state index in [0.29, 0.717) is 0 Å². The summed E-state index contributed by atoms with van der Waals surface area (Å²) in [6.45, 7) is 1.87. The van der Waals surface area contributed by atoms with Crippen LogP contribution in [0.3, 0.4) is 0 Å². The second-order valence-electron chi connectivity index (χ2n) is 5.41. The van der Waals surface area contributed by atoms with Gasteiger partial charge in [-0.25, -0.2) is 0 Å². The fourth-order valence-electron chi connectivity index (χ4n) is 2.00. The Morgan fingerprint density at radius 3 is 2.62 bits per heavy atom. The van der Waals surface area contributed by atoms with E-state index in [9.17, 15) is 23.1 Å². The third kappa shape index (κ3) is 5.94. The van der Waals surface area contributed by atoms with Gasteiger partial charge in [0.1, 0.15) is 0 Å². The van der Waals surface area contributed by atoms with Crippen LogP contribution in [0.2, 0.25) is 5.02 Å².